The fourth-order valence-electron chi connectivity index (χ4n) is 2.33. The standard InChI is InChI=1S/C16H19NO3/c1-2-3-4-8-11-17-15(19)13(14(18)16(17)20)12-9-6-5-7-10-12/h5-7,9-10,18H,2-4,8,11H2,1H3. The van der Waals surface area contributed by atoms with Crippen molar-refractivity contribution in [2.75, 3.05) is 6.54 Å². The van der Waals surface area contributed by atoms with Gasteiger partial charge in [-0.1, -0.05) is 56.5 Å². The number of amides is 2. The number of carbonyl (C=O) groups excluding carboxylic acids is 2. The van der Waals surface area contributed by atoms with E-state index in [0.29, 0.717) is 12.1 Å². The molecule has 1 aliphatic rings. The predicted molar refractivity (Wildman–Crippen MR) is 76.9 cm³/mol. The lowest BCUT2D eigenvalue weighted by molar-refractivity contribution is -0.138. The molecule has 1 N–H and O–H groups in total. The molecule has 106 valence electrons. The van der Waals surface area contributed by atoms with Crippen molar-refractivity contribution in [3.63, 3.8) is 0 Å². The average Bonchev–Trinajstić information content (AvgIpc) is 2.67. The van der Waals surface area contributed by atoms with E-state index in [1.165, 1.54) is 0 Å². The molecule has 2 amide bonds. The first-order valence-corrected chi connectivity index (χ1v) is 7.01. The first-order chi connectivity index (χ1) is 9.66. The molecule has 0 spiro atoms. The fraction of sp³-hybridized carbons (Fsp3) is 0.375. The summed E-state index contributed by atoms with van der Waals surface area (Å²) < 4.78 is 0. The number of nitrogens with zero attached hydrogens (tertiary/aromatic N) is 1. The van der Waals surface area contributed by atoms with Gasteiger partial charge in [-0.05, 0) is 12.0 Å². The van der Waals surface area contributed by atoms with Gasteiger partial charge in [0.2, 0.25) is 0 Å². The molecule has 0 saturated heterocycles. The number of aliphatic hydroxyl groups excluding tert-OH is 1. The van der Waals surface area contributed by atoms with E-state index in [0.717, 1.165) is 30.6 Å². The lowest BCUT2D eigenvalue weighted by Crippen LogP contribution is -2.32. The molecule has 1 aromatic rings. The van der Waals surface area contributed by atoms with Crippen LogP contribution in [0.25, 0.3) is 5.57 Å². The highest BCUT2D eigenvalue weighted by Crippen LogP contribution is 2.27. The van der Waals surface area contributed by atoms with Gasteiger partial charge in [-0.3, -0.25) is 14.5 Å². The Morgan fingerprint density at radius 1 is 1.00 bits per heavy atom. The minimum atomic E-state index is -0.578. The Kier molecular flexibility index (Phi) is 4.56. The molecular formula is C16H19NO3. The van der Waals surface area contributed by atoms with E-state index in [4.69, 9.17) is 0 Å². The minimum absolute atomic E-state index is 0.117. The maximum atomic E-state index is 12.3. The van der Waals surface area contributed by atoms with Crippen LogP contribution in [0.3, 0.4) is 0 Å². The van der Waals surface area contributed by atoms with Crippen LogP contribution in [-0.2, 0) is 9.59 Å². The van der Waals surface area contributed by atoms with E-state index < -0.39 is 17.6 Å². The van der Waals surface area contributed by atoms with Crippen LogP contribution >= 0.6 is 0 Å². The van der Waals surface area contributed by atoms with Gasteiger partial charge in [0.05, 0.1) is 5.57 Å². The van der Waals surface area contributed by atoms with E-state index in [1.54, 1.807) is 24.3 Å². The Morgan fingerprint density at radius 2 is 1.70 bits per heavy atom. The van der Waals surface area contributed by atoms with Gasteiger partial charge in [0.15, 0.2) is 5.76 Å². The quantitative estimate of drug-likeness (QED) is 0.640. The molecule has 0 aliphatic carbocycles. The van der Waals surface area contributed by atoms with Crippen molar-refractivity contribution in [2.24, 2.45) is 0 Å². The second kappa shape index (κ2) is 6.37. The van der Waals surface area contributed by atoms with Crippen molar-refractivity contribution < 1.29 is 14.7 Å². The van der Waals surface area contributed by atoms with Crippen molar-refractivity contribution >= 4 is 17.4 Å². The fourth-order valence-corrected chi connectivity index (χ4v) is 2.33. The van der Waals surface area contributed by atoms with Crippen LogP contribution in [0.4, 0.5) is 0 Å². The molecule has 0 atom stereocenters. The number of rotatable bonds is 6. The zero-order valence-electron chi connectivity index (χ0n) is 11.6. The molecule has 1 aliphatic heterocycles. The predicted octanol–water partition coefficient (Wildman–Crippen LogP) is 2.90. The maximum Gasteiger partial charge on any atom is 0.296 e. The van der Waals surface area contributed by atoms with Gasteiger partial charge in [-0.15, -0.1) is 0 Å². The lowest BCUT2D eigenvalue weighted by atomic mass is 10.1. The highest BCUT2D eigenvalue weighted by atomic mass is 16.3. The van der Waals surface area contributed by atoms with Gasteiger partial charge < -0.3 is 5.11 Å². The molecule has 0 saturated carbocycles. The Hall–Kier alpha value is -2.10. The Morgan fingerprint density at radius 3 is 2.35 bits per heavy atom. The number of aliphatic hydroxyl groups is 1. The Balaban J connectivity index is 2.12. The largest absolute Gasteiger partial charge is 0.502 e. The highest BCUT2D eigenvalue weighted by molar-refractivity contribution is 6.34. The molecule has 1 aromatic carbocycles. The molecule has 0 unspecified atom stereocenters. The summed E-state index contributed by atoms with van der Waals surface area (Å²) in [4.78, 5) is 25.4. The molecule has 20 heavy (non-hydrogen) atoms. The topological polar surface area (TPSA) is 57.6 Å². The number of hydrogen-bond donors (Lipinski definition) is 1. The summed E-state index contributed by atoms with van der Waals surface area (Å²) in [7, 11) is 0. The van der Waals surface area contributed by atoms with E-state index >= 15 is 0 Å². The van der Waals surface area contributed by atoms with Crippen molar-refractivity contribution in [2.45, 2.75) is 32.6 Å². The van der Waals surface area contributed by atoms with Gasteiger partial charge in [-0.2, -0.15) is 0 Å². The summed E-state index contributed by atoms with van der Waals surface area (Å²) in [5, 5.41) is 9.92. The summed E-state index contributed by atoms with van der Waals surface area (Å²) in [6.45, 7) is 2.48. The van der Waals surface area contributed by atoms with Crippen molar-refractivity contribution in [1.29, 1.82) is 0 Å². The molecule has 4 heteroatoms. The third kappa shape index (κ3) is 2.74. The summed E-state index contributed by atoms with van der Waals surface area (Å²) in [6, 6.07) is 8.81. The summed E-state index contributed by atoms with van der Waals surface area (Å²) in [5.41, 5.74) is 0.700. The average molecular weight is 273 g/mol. The summed E-state index contributed by atoms with van der Waals surface area (Å²) in [5.74, 6) is -1.41. The van der Waals surface area contributed by atoms with E-state index in [9.17, 15) is 14.7 Å². The second-order valence-corrected chi connectivity index (χ2v) is 4.91. The molecule has 1 heterocycles. The third-order valence-corrected chi connectivity index (χ3v) is 3.44. The summed E-state index contributed by atoms with van der Waals surface area (Å²) >= 11 is 0. The molecule has 4 nitrogen and oxygen atoms in total. The molecular weight excluding hydrogens is 254 g/mol. The van der Waals surface area contributed by atoms with Crippen LogP contribution in [0.2, 0.25) is 0 Å². The Labute approximate surface area is 118 Å². The molecule has 0 fully saturated rings. The van der Waals surface area contributed by atoms with Gasteiger partial charge in [0.25, 0.3) is 11.8 Å². The highest BCUT2D eigenvalue weighted by Gasteiger charge is 2.38. The smallest absolute Gasteiger partial charge is 0.296 e. The van der Waals surface area contributed by atoms with Crippen LogP contribution in [0, 0.1) is 0 Å². The summed E-state index contributed by atoms with van der Waals surface area (Å²) in [6.07, 6.45) is 3.94. The number of benzene rings is 1. The number of unbranched alkanes of at least 4 members (excludes halogenated alkanes) is 3. The van der Waals surface area contributed by atoms with Crippen LogP contribution < -0.4 is 0 Å². The number of hydrogen-bond acceptors (Lipinski definition) is 3. The van der Waals surface area contributed by atoms with Crippen molar-refractivity contribution in [1.82, 2.24) is 4.90 Å². The Bertz CT molecular complexity index is 534. The van der Waals surface area contributed by atoms with E-state index in [1.807, 2.05) is 6.07 Å². The van der Waals surface area contributed by atoms with Crippen LogP contribution in [0.5, 0.6) is 0 Å². The normalized spacial score (nSPS) is 15.3. The van der Waals surface area contributed by atoms with Crippen LogP contribution in [0.1, 0.15) is 38.2 Å². The van der Waals surface area contributed by atoms with Gasteiger partial charge >= 0.3 is 0 Å². The second-order valence-electron chi connectivity index (χ2n) is 4.91. The monoisotopic (exact) mass is 273 g/mol. The van der Waals surface area contributed by atoms with E-state index in [2.05, 4.69) is 6.92 Å². The molecule has 0 bridgehead atoms. The molecule has 2 rings (SSSR count). The SMILES string of the molecule is CCCCCCN1C(=O)C(O)=C(c2ccccc2)C1=O. The minimum Gasteiger partial charge on any atom is -0.502 e. The molecule has 0 aromatic heterocycles. The van der Waals surface area contributed by atoms with Gasteiger partial charge in [0, 0.05) is 6.54 Å². The first-order valence-electron chi connectivity index (χ1n) is 7.01. The van der Waals surface area contributed by atoms with Gasteiger partial charge in [-0.25, -0.2) is 0 Å². The zero-order valence-corrected chi connectivity index (χ0v) is 11.6. The number of carbonyl (C=O) groups is 2. The van der Waals surface area contributed by atoms with E-state index in [-0.39, 0.29) is 5.57 Å². The molecule has 0 radical (unpaired) electrons. The van der Waals surface area contributed by atoms with Crippen LogP contribution in [0.15, 0.2) is 36.1 Å². The van der Waals surface area contributed by atoms with Crippen molar-refractivity contribution in [3.05, 3.63) is 41.7 Å². The number of imide groups is 1. The third-order valence-electron chi connectivity index (χ3n) is 3.44. The van der Waals surface area contributed by atoms with Gasteiger partial charge in [0.1, 0.15) is 0 Å². The zero-order chi connectivity index (χ0) is 14.5. The van der Waals surface area contributed by atoms with Crippen molar-refractivity contribution in [3.8, 4) is 0 Å². The van der Waals surface area contributed by atoms with Crippen LogP contribution in [-0.4, -0.2) is 28.4 Å². The maximum absolute atomic E-state index is 12.3. The first kappa shape index (κ1) is 14.3. The lowest BCUT2D eigenvalue weighted by Gasteiger charge is -2.14.